The van der Waals surface area contributed by atoms with Crippen molar-refractivity contribution in [2.24, 2.45) is 5.92 Å². The molecule has 1 aromatic rings. The Morgan fingerprint density at radius 2 is 1.66 bits per heavy atom. The van der Waals surface area contributed by atoms with Crippen molar-refractivity contribution in [2.75, 3.05) is 38.8 Å². The molecular weight excluding hydrogens is 420 g/mol. The summed E-state index contributed by atoms with van der Waals surface area (Å²) in [5.41, 5.74) is 0.106. The standard InChI is InChI=1S/C22H26N2O8/c1-4-32-22(29)13-6-5-7-23(12-13)17-11-18(25)24(19(17)26)16-9-14(20(27)30-2)8-15(10-16)21(28)31-3/h8-10,13,17H,4-7,11-12H2,1-3H3/t13-,17+/m0/s1. The summed E-state index contributed by atoms with van der Waals surface area (Å²) < 4.78 is 14.5. The van der Waals surface area contributed by atoms with E-state index in [0.29, 0.717) is 25.9 Å². The molecule has 0 bridgehead atoms. The van der Waals surface area contributed by atoms with Gasteiger partial charge >= 0.3 is 17.9 Å². The van der Waals surface area contributed by atoms with Gasteiger partial charge < -0.3 is 14.2 Å². The highest BCUT2D eigenvalue weighted by atomic mass is 16.5. The Bertz CT molecular complexity index is 910. The predicted octanol–water partition coefficient (Wildman–Crippen LogP) is 1.17. The molecule has 2 atom stereocenters. The summed E-state index contributed by atoms with van der Waals surface area (Å²) in [5, 5.41) is 0. The lowest BCUT2D eigenvalue weighted by Gasteiger charge is -2.34. The van der Waals surface area contributed by atoms with Crippen LogP contribution >= 0.6 is 0 Å². The van der Waals surface area contributed by atoms with E-state index >= 15 is 0 Å². The fourth-order valence-electron chi connectivity index (χ4n) is 4.13. The molecule has 2 aliphatic heterocycles. The molecule has 2 fully saturated rings. The summed E-state index contributed by atoms with van der Waals surface area (Å²) in [7, 11) is 2.37. The minimum Gasteiger partial charge on any atom is -0.466 e. The molecule has 10 nitrogen and oxygen atoms in total. The average molecular weight is 446 g/mol. The van der Waals surface area contributed by atoms with Crippen LogP contribution in [0.5, 0.6) is 0 Å². The summed E-state index contributed by atoms with van der Waals surface area (Å²) in [6.45, 7) is 2.92. The van der Waals surface area contributed by atoms with Crippen LogP contribution in [0.4, 0.5) is 5.69 Å². The highest BCUT2D eigenvalue weighted by molar-refractivity contribution is 6.23. The van der Waals surface area contributed by atoms with E-state index in [1.54, 1.807) is 6.92 Å². The monoisotopic (exact) mass is 446 g/mol. The van der Waals surface area contributed by atoms with Gasteiger partial charge in [0.1, 0.15) is 0 Å². The highest BCUT2D eigenvalue weighted by Crippen LogP contribution is 2.30. The largest absolute Gasteiger partial charge is 0.466 e. The van der Waals surface area contributed by atoms with Crippen LogP contribution in [0.25, 0.3) is 0 Å². The number of rotatable bonds is 6. The second kappa shape index (κ2) is 9.90. The van der Waals surface area contributed by atoms with Crippen LogP contribution in [0.1, 0.15) is 46.9 Å². The third kappa shape index (κ3) is 4.64. The number of hydrogen-bond acceptors (Lipinski definition) is 9. The van der Waals surface area contributed by atoms with E-state index in [4.69, 9.17) is 14.2 Å². The van der Waals surface area contributed by atoms with Gasteiger partial charge in [-0.05, 0) is 44.5 Å². The number of anilines is 1. The number of benzene rings is 1. The number of piperidine rings is 1. The summed E-state index contributed by atoms with van der Waals surface area (Å²) in [5.74, 6) is -3.04. The fraction of sp³-hybridized carbons (Fsp3) is 0.500. The molecule has 2 aliphatic rings. The first-order chi connectivity index (χ1) is 15.3. The van der Waals surface area contributed by atoms with Crippen LogP contribution in [0.15, 0.2) is 18.2 Å². The lowest BCUT2D eigenvalue weighted by atomic mass is 9.96. The maximum Gasteiger partial charge on any atom is 0.337 e. The first-order valence-electron chi connectivity index (χ1n) is 10.4. The van der Waals surface area contributed by atoms with Crippen LogP contribution in [-0.4, -0.2) is 74.6 Å². The van der Waals surface area contributed by atoms with Gasteiger partial charge in [0.25, 0.3) is 5.91 Å². The molecule has 0 N–H and O–H groups in total. The van der Waals surface area contributed by atoms with E-state index in [1.165, 1.54) is 32.4 Å². The Labute approximate surface area is 185 Å². The Hall–Kier alpha value is -3.27. The van der Waals surface area contributed by atoms with Gasteiger partial charge in [0.05, 0.1) is 56.0 Å². The highest BCUT2D eigenvalue weighted by Gasteiger charge is 2.45. The molecule has 1 aromatic carbocycles. The Balaban J connectivity index is 1.88. The van der Waals surface area contributed by atoms with Gasteiger partial charge in [0.15, 0.2) is 0 Å². The molecule has 2 amide bonds. The first-order valence-corrected chi connectivity index (χ1v) is 10.4. The van der Waals surface area contributed by atoms with Crippen molar-refractivity contribution in [1.29, 1.82) is 0 Å². The SMILES string of the molecule is CCOC(=O)[C@H]1CCCN([C@@H]2CC(=O)N(c3cc(C(=O)OC)cc(C(=O)OC)c3)C2=O)C1. The maximum absolute atomic E-state index is 13.2. The molecule has 2 saturated heterocycles. The third-order valence-electron chi connectivity index (χ3n) is 5.65. The van der Waals surface area contributed by atoms with Crippen LogP contribution in [0, 0.1) is 5.92 Å². The first kappa shape index (κ1) is 23.4. The molecule has 172 valence electrons. The van der Waals surface area contributed by atoms with Crippen molar-refractivity contribution in [3.8, 4) is 0 Å². The van der Waals surface area contributed by atoms with Crippen molar-refractivity contribution in [3.05, 3.63) is 29.3 Å². The van der Waals surface area contributed by atoms with Crippen molar-refractivity contribution < 1.29 is 38.2 Å². The fourth-order valence-corrected chi connectivity index (χ4v) is 4.13. The van der Waals surface area contributed by atoms with Gasteiger partial charge in [-0.1, -0.05) is 0 Å². The summed E-state index contributed by atoms with van der Waals surface area (Å²) in [6, 6.07) is 3.20. The second-order valence-electron chi connectivity index (χ2n) is 7.63. The molecule has 3 rings (SSSR count). The minimum absolute atomic E-state index is 0.00907. The Morgan fingerprint density at radius 3 is 2.22 bits per heavy atom. The molecule has 0 saturated carbocycles. The molecule has 10 heteroatoms. The number of amides is 2. The molecule has 0 spiro atoms. The number of carbonyl (C=O) groups excluding carboxylic acids is 5. The van der Waals surface area contributed by atoms with Gasteiger partial charge in [0, 0.05) is 6.54 Å². The smallest absolute Gasteiger partial charge is 0.337 e. The van der Waals surface area contributed by atoms with Gasteiger partial charge in [0.2, 0.25) is 5.91 Å². The minimum atomic E-state index is -0.733. The lowest BCUT2D eigenvalue weighted by molar-refractivity contribution is -0.150. The van der Waals surface area contributed by atoms with E-state index < -0.39 is 29.8 Å². The number of likely N-dealkylation sites (tertiary alicyclic amines) is 1. The van der Waals surface area contributed by atoms with Crippen LogP contribution in [0.3, 0.4) is 0 Å². The molecule has 0 radical (unpaired) electrons. The molecule has 0 unspecified atom stereocenters. The van der Waals surface area contributed by atoms with Crippen molar-refractivity contribution in [3.63, 3.8) is 0 Å². The van der Waals surface area contributed by atoms with Crippen molar-refractivity contribution in [1.82, 2.24) is 4.90 Å². The van der Waals surface area contributed by atoms with Crippen molar-refractivity contribution in [2.45, 2.75) is 32.2 Å². The van der Waals surface area contributed by atoms with Gasteiger partial charge in [-0.2, -0.15) is 0 Å². The number of hydrogen-bond donors (Lipinski definition) is 0. The van der Waals surface area contributed by atoms with E-state index in [1.807, 2.05) is 4.90 Å². The molecule has 32 heavy (non-hydrogen) atoms. The lowest BCUT2D eigenvalue weighted by Crippen LogP contribution is -2.48. The number of methoxy groups -OCH3 is 2. The topological polar surface area (TPSA) is 120 Å². The molecular formula is C22H26N2O8. The Kier molecular flexibility index (Phi) is 7.24. The number of imide groups is 1. The summed E-state index contributed by atoms with van der Waals surface area (Å²) in [4.78, 5) is 65.1. The average Bonchev–Trinajstić information content (AvgIpc) is 3.11. The summed E-state index contributed by atoms with van der Waals surface area (Å²) >= 11 is 0. The number of ether oxygens (including phenoxy) is 3. The van der Waals surface area contributed by atoms with Gasteiger partial charge in [-0.25, -0.2) is 14.5 Å². The van der Waals surface area contributed by atoms with Gasteiger partial charge in [-0.15, -0.1) is 0 Å². The second-order valence-corrected chi connectivity index (χ2v) is 7.63. The molecule has 0 aromatic heterocycles. The zero-order valence-electron chi connectivity index (χ0n) is 18.3. The number of esters is 3. The van der Waals surface area contributed by atoms with Gasteiger partial charge in [-0.3, -0.25) is 19.3 Å². The zero-order valence-corrected chi connectivity index (χ0v) is 18.3. The maximum atomic E-state index is 13.2. The van der Waals surface area contributed by atoms with Crippen LogP contribution in [-0.2, 0) is 28.6 Å². The van der Waals surface area contributed by atoms with E-state index in [2.05, 4.69) is 0 Å². The third-order valence-corrected chi connectivity index (χ3v) is 5.65. The number of nitrogens with zero attached hydrogens (tertiary/aromatic N) is 2. The zero-order chi connectivity index (χ0) is 23.4. The van der Waals surface area contributed by atoms with E-state index in [0.717, 1.165) is 4.90 Å². The summed E-state index contributed by atoms with van der Waals surface area (Å²) in [6.07, 6.45) is 1.30. The normalized spacial score (nSPS) is 21.4. The van der Waals surface area contributed by atoms with E-state index in [9.17, 15) is 24.0 Å². The van der Waals surface area contributed by atoms with Crippen molar-refractivity contribution >= 4 is 35.4 Å². The predicted molar refractivity (Wildman–Crippen MR) is 111 cm³/mol. The van der Waals surface area contributed by atoms with E-state index in [-0.39, 0.29) is 41.7 Å². The quantitative estimate of drug-likeness (QED) is 0.360. The molecule has 0 aliphatic carbocycles. The number of carbonyl (C=O) groups is 5. The van der Waals surface area contributed by atoms with Crippen LogP contribution < -0.4 is 4.90 Å². The Morgan fingerprint density at radius 1 is 1.03 bits per heavy atom. The molecule has 2 heterocycles. The van der Waals surface area contributed by atoms with Crippen LogP contribution in [0.2, 0.25) is 0 Å².